The largest absolute Gasteiger partial charge is 0.379 e. The van der Waals surface area contributed by atoms with E-state index in [1.807, 2.05) is 31.2 Å². The van der Waals surface area contributed by atoms with Crippen LogP contribution in [0.1, 0.15) is 34.5 Å². The highest BCUT2D eigenvalue weighted by Crippen LogP contribution is 2.26. The number of carbonyl (C=O) groups excluding carboxylic acids is 1. The summed E-state index contributed by atoms with van der Waals surface area (Å²) in [5, 5.41) is 7.10. The van der Waals surface area contributed by atoms with Crippen molar-refractivity contribution in [1.82, 2.24) is 10.5 Å². The third kappa shape index (κ3) is 3.04. The fourth-order valence-corrected chi connectivity index (χ4v) is 2.74. The Balaban J connectivity index is 1.87. The molecule has 2 aromatic rings. The molecule has 1 amide bonds. The molecule has 1 N–H and O–H groups in total. The fourth-order valence-electron chi connectivity index (χ4n) is 2.74. The first-order valence-electron chi connectivity index (χ1n) is 7.57. The molecule has 1 fully saturated rings. The van der Waals surface area contributed by atoms with Crippen LogP contribution in [0.5, 0.6) is 0 Å². The van der Waals surface area contributed by atoms with E-state index < -0.39 is 0 Å². The van der Waals surface area contributed by atoms with E-state index in [4.69, 9.17) is 9.26 Å². The highest BCUT2D eigenvalue weighted by Gasteiger charge is 2.24. The number of hydrogen-bond acceptors (Lipinski definition) is 4. The van der Waals surface area contributed by atoms with Crippen LogP contribution < -0.4 is 5.32 Å². The highest BCUT2D eigenvalue weighted by atomic mass is 16.5. The molecule has 116 valence electrons. The van der Waals surface area contributed by atoms with E-state index in [1.54, 1.807) is 6.92 Å². The lowest BCUT2D eigenvalue weighted by atomic mass is 10.0. The number of benzene rings is 1. The molecular formula is C17H20N2O3. The molecule has 1 aromatic carbocycles. The third-order valence-electron chi connectivity index (χ3n) is 3.88. The molecule has 0 radical (unpaired) electrons. The lowest BCUT2D eigenvalue weighted by Gasteiger charge is -2.23. The first-order valence-corrected chi connectivity index (χ1v) is 7.57. The van der Waals surface area contributed by atoms with Crippen LogP contribution in [-0.2, 0) is 4.74 Å². The molecule has 1 aliphatic heterocycles. The zero-order chi connectivity index (χ0) is 15.5. The number of nitrogens with one attached hydrogen (secondary N) is 1. The Bertz CT molecular complexity index is 672. The maximum atomic E-state index is 12.6. The number of aromatic nitrogens is 1. The predicted octanol–water partition coefficient (Wildman–Crippen LogP) is 2.87. The van der Waals surface area contributed by atoms with E-state index in [2.05, 4.69) is 10.5 Å². The Hall–Kier alpha value is -2.14. The van der Waals surface area contributed by atoms with Gasteiger partial charge in [0.2, 0.25) is 0 Å². The minimum atomic E-state index is -0.147. The molecule has 1 aliphatic rings. The van der Waals surface area contributed by atoms with Crippen LogP contribution in [0, 0.1) is 13.8 Å². The number of amides is 1. The van der Waals surface area contributed by atoms with Gasteiger partial charge in [-0.05, 0) is 32.8 Å². The zero-order valence-electron chi connectivity index (χ0n) is 12.9. The van der Waals surface area contributed by atoms with Crippen molar-refractivity contribution in [2.75, 3.05) is 13.2 Å². The molecule has 0 aliphatic carbocycles. The van der Waals surface area contributed by atoms with Gasteiger partial charge in [-0.1, -0.05) is 28.9 Å². The molecule has 0 unspecified atom stereocenters. The maximum Gasteiger partial charge on any atom is 0.257 e. The molecule has 0 bridgehead atoms. The van der Waals surface area contributed by atoms with Gasteiger partial charge in [0.05, 0.1) is 12.6 Å². The van der Waals surface area contributed by atoms with Gasteiger partial charge in [0.1, 0.15) is 17.0 Å². The van der Waals surface area contributed by atoms with Crippen molar-refractivity contribution >= 4 is 5.91 Å². The fraction of sp³-hybridized carbons (Fsp3) is 0.412. The van der Waals surface area contributed by atoms with Crippen molar-refractivity contribution in [1.29, 1.82) is 0 Å². The van der Waals surface area contributed by atoms with Crippen molar-refractivity contribution < 1.29 is 14.1 Å². The van der Waals surface area contributed by atoms with Crippen LogP contribution >= 0.6 is 0 Å². The number of hydrogen-bond donors (Lipinski definition) is 1. The molecular weight excluding hydrogens is 280 g/mol. The van der Waals surface area contributed by atoms with Gasteiger partial charge < -0.3 is 14.6 Å². The van der Waals surface area contributed by atoms with Crippen LogP contribution in [0.4, 0.5) is 0 Å². The quantitative estimate of drug-likeness (QED) is 0.946. The molecule has 0 saturated carbocycles. The van der Waals surface area contributed by atoms with E-state index in [1.165, 1.54) is 0 Å². The first-order chi connectivity index (χ1) is 10.6. The molecule has 5 heteroatoms. The smallest absolute Gasteiger partial charge is 0.257 e. The highest BCUT2D eigenvalue weighted by molar-refractivity contribution is 6.00. The van der Waals surface area contributed by atoms with Crippen LogP contribution in [-0.4, -0.2) is 30.3 Å². The monoisotopic (exact) mass is 300 g/mol. The molecule has 1 saturated heterocycles. The predicted molar refractivity (Wildman–Crippen MR) is 82.7 cm³/mol. The topological polar surface area (TPSA) is 64.4 Å². The summed E-state index contributed by atoms with van der Waals surface area (Å²) in [7, 11) is 0. The number of nitrogens with zero attached hydrogens (tertiary/aromatic N) is 1. The van der Waals surface area contributed by atoms with Crippen molar-refractivity contribution in [3.8, 4) is 11.3 Å². The lowest BCUT2D eigenvalue weighted by molar-refractivity contribution is 0.0623. The van der Waals surface area contributed by atoms with E-state index in [-0.39, 0.29) is 11.9 Å². The summed E-state index contributed by atoms with van der Waals surface area (Å²) in [5.41, 5.74) is 3.11. The van der Waals surface area contributed by atoms with Gasteiger partial charge in [-0.2, -0.15) is 0 Å². The van der Waals surface area contributed by atoms with Gasteiger partial charge in [0.15, 0.2) is 0 Å². The average molecular weight is 300 g/mol. The number of ether oxygens (including phenoxy) is 1. The Labute approximate surface area is 129 Å². The number of aryl methyl sites for hydroxylation is 2. The van der Waals surface area contributed by atoms with Crippen LogP contribution in [0.15, 0.2) is 28.8 Å². The number of rotatable bonds is 3. The van der Waals surface area contributed by atoms with E-state index in [0.29, 0.717) is 23.6 Å². The summed E-state index contributed by atoms with van der Waals surface area (Å²) in [6, 6.07) is 7.95. The molecule has 3 rings (SSSR count). The second-order valence-electron chi connectivity index (χ2n) is 5.72. The summed E-state index contributed by atoms with van der Waals surface area (Å²) >= 11 is 0. The summed E-state index contributed by atoms with van der Waals surface area (Å²) < 4.78 is 10.7. The lowest BCUT2D eigenvalue weighted by Crippen LogP contribution is -2.40. The molecule has 5 nitrogen and oxygen atoms in total. The molecule has 1 atom stereocenters. The normalized spacial score (nSPS) is 18.2. The van der Waals surface area contributed by atoms with Gasteiger partial charge in [-0.15, -0.1) is 0 Å². The van der Waals surface area contributed by atoms with Crippen LogP contribution in [0.2, 0.25) is 0 Å². The third-order valence-corrected chi connectivity index (χ3v) is 3.88. The van der Waals surface area contributed by atoms with Gasteiger partial charge >= 0.3 is 0 Å². The summed E-state index contributed by atoms with van der Waals surface area (Å²) in [5.74, 6) is 0.386. The second kappa shape index (κ2) is 6.32. The van der Waals surface area contributed by atoms with Crippen molar-refractivity contribution in [2.24, 2.45) is 0 Å². The summed E-state index contributed by atoms with van der Waals surface area (Å²) in [6.45, 7) is 5.11. The minimum Gasteiger partial charge on any atom is -0.379 e. The Kier molecular flexibility index (Phi) is 4.24. The van der Waals surface area contributed by atoms with Gasteiger partial charge in [0.25, 0.3) is 5.91 Å². The van der Waals surface area contributed by atoms with E-state index in [9.17, 15) is 4.79 Å². The summed E-state index contributed by atoms with van der Waals surface area (Å²) in [4.78, 5) is 12.6. The van der Waals surface area contributed by atoms with Gasteiger partial charge in [0, 0.05) is 12.2 Å². The second-order valence-corrected chi connectivity index (χ2v) is 5.72. The molecule has 1 aromatic heterocycles. The Morgan fingerprint density at radius 1 is 1.36 bits per heavy atom. The molecule has 22 heavy (non-hydrogen) atoms. The van der Waals surface area contributed by atoms with Gasteiger partial charge in [-0.3, -0.25) is 4.79 Å². The number of carbonyl (C=O) groups is 1. The minimum absolute atomic E-state index is 0.0564. The van der Waals surface area contributed by atoms with Crippen LogP contribution in [0.3, 0.4) is 0 Å². The Morgan fingerprint density at radius 2 is 2.23 bits per heavy atom. The SMILES string of the molecule is Cc1cccc(-c2noc(C)c2C(=O)N[C@@H]2CCCOC2)c1. The zero-order valence-corrected chi connectivity index (χ0v) is 12.9. The van der Waals surface area contributed by atoms with Crippen molar-refractivity contribution in [3.05, 3.63) is 41.2 Å². The van der Waals surface area contributed by atoms with Crippen molar-refractivity contribution in [2.45, 2.75) is 32.7 Å². The van der Waals surface area contributed by atoms with Gasteiger partial charge in [-0.25, -0.2) is 0 Å². The molecule has 0 spiro atoms. The van der Waals surface area contributed by atoms with E-state index >= 15 is 0 Å². The molecule has 2 heterocycles. The van der Waals surface area contributed by atoms with Crippen molar-refractivity contribution in [3.63, 3.8) is 0 Å². The summed E-state index contributed by atoms with van der Waals surface area (Å²) in [6.07, 6.45) is 1.91. The first kappa shape index (κ1) is 14.8. The standard InChI is InChI=1S/C17H20N2O3/c1-11-5-3-6-13(9-11)16-15(12(2)22-19-16)17(20)18-14-7-4-8-21-10-14/h3,5-6,9,14H,4,7-8,10H2,1-2H3,(H,18,20)/t14-/m1/s1. The Morgan fingerprint density at radius 3 is 2.95 bits per heavy atom. The van der Waals surface area contributed by atoms with E-state index in [0.717, 1.165) is 30.6 Å². The maximum absolute atomic E-state index is 12.6. The van der Waals surface area contributed by atoms with Crippen LogP contribution in [0.25, 0.3) is 11.3 Å². The average Bonchev–Trinajstić information content (AvgIpc) is 2.90.